The fourth-order valence-electron chi connectivity index (χ4n) is 5.06. The molecule has 0 spiro atoms. The molecule has 0 aliphatic carbocycles. The number of benzene rings is 5. The molecule has 5 rings (SSSR count). The summed E-state index contributed by atoms with van der Waals surface area (Å²) < 4.78 is 17.0. The summed E-state index contributed by atoms with van der Waals surface area (Å²) >= 11 is 4.42. The molecule has 5 aromatic carbocycles. The molecule has 39 heavy (non-hydrogen) atoms. The van der Waals surface area contributed by atoms with Crippen molar-refractivity contribution in [3.05, 3.63) is 127 Å². The highest BCUT2D eigenvalue weighted by molar-refractivity contribution is 9.43. The number of halogens is 1. The molecule has 3 nitrogen and oxygen atoms in total. The van der Waals surface area contributed by atoms with Gasteiger partial charge >= 0.3 is 0 Å². The SMILES string of the molecule is COc1cc(C[P+](Br)(c2ccccc2)c2cccc(-c3ccccc3)c2-c2ccccc2)cc(OC)c1OC. The zero-order valence-electron chi connectivity index (χ0n) is 22.3. The minimum atomic E-state index is -2.17. The maximum absolute atomic E-state index is 5.71. The quantitative estimate of drug-likeness (QED) is 0.159. The molecule has 0 amide bonds. The summed E-state index contributed by atoms with van der Waals surface area (Å²) in [6.07, 6.45) is 0.756. The third-order valence-electron chi connectivity index (χ3n) is 6.86. The number of methoxy groups -OCH3 is 3. The van der Waals surface area contributed by atoms with Crippen LogP contribution in [0.1, 0.15) is 5.56 Å². The summed E-state index contributed by atoms with van der Waals surface area (Å²) in [4.78, 5) is 0. The van der Waals surface area contributed by atoms with Crippen LogP contribution < -0.4 is 24.8 Å². The van der Waals surface area contributed by atoms with Crippen LogP contribution in [0.3, 0.4) is 0 Å². The van der Waals surface area contributed by atoms with Crippen LogP contribution in [0, 0.1) is 0 Å². The van der Waals surface area contributed by atoms with E-state index in [4.69, 9.17) is 14.2 Å². The van der Waals surface area contributed by atoms with Crippen LogP contribution in [-0.2, 0) is 6.16 Å². The van der Waals surface area contributed by atoms with Crippen molar-refractivity contribution >= 4 is 32.1 Å². The lowest BCUT2D eigenvalue weighted by Crippen LogP contribution is -2.22. The predicted octanol–water partition coefficient (Wildman–Crippen LogP) is 8.52. The molecule has 0 saturated heterocycles. The van der Waals surface area contributed by atoms with Crippen molar-refractivity contribution in [3.8, 4) is 39.5 Å². The van der Waals surface area contributed by atoms with Gasteiger partial charge in [-0.05, 0) is 52.6 Å². The maximum atomic E-state index is 5.71. The summed E-state index contributed by atoms with van der Waals surface area (Å²) in [5, 5.41) is 2.55. The molecule has 196 valence electrons. The van der Waals surface area contributed by atoms with Gasteiger partial charge in [-0.25, -0.2) is 0 Å². The molecule has 5 aromatic rings. The van der Waals surface area contributed by atoms with Crippen molar-refractivity contribution in [3.63, 3.8) is 0 Å². The van der Waals surface area contributed by atoms with Crippen LogP contribution in [0.4, 0.5) is 0 Å². The summed E-state index contributed by atoms with van der Waals surface area (Å²) in [5.74, 6) is -0.269. The second kappa shape index (κ2) is 12.1. The van der Waals surface area contributed by atoms with Crippen molar-refractivity contribution in [2.45, 2.75) is 6.16 Å². The Balaban J connectivity index is 1.78. The highest BCUT2D eigenvalue weighted by atomic mass is 79.9. The van der Waals surface area contributed by atoms with Gasteiger partial charge in [-0.1, -0.05) is 91.0 Å². The normalized spacial score (nSPS) is 12.4. The zero-order chi connectivity index (χ0) is 27.2. The van der Waals surface area contributed by atoms with E-state index in [1.165, 1.54) is 32.9 Å². The molecule has 0 aliphatic rings. The number of hydrogen-bond acceptors (Lipinski definition) is 3. The minimum absolute atomic E-state index is 0.595. The van der Waals surface area contributed by atoms with E-state index in [1.807, 2.05) is 0 Å². The highest BCUT2D eigenvalue weighted by Gasteiger charge is 2.44. The van der Waals surface area contributed by atoms with Gasteiger partial charge in [0.2, 0.25) is 5.75 Å². The van der Waals surface area contributed by atoms with Gasteiger partial charge in [0.15, 0.2) is 33.0 Å². The molecule has 0 saturated carbocycles. The summed E-state index contributed by atoms with van der Waals surface area (Å²) in [6, 6.07) is 42.9. The Hall–Kier alpha value is -3.59. The van der Waals surface area contributed by atoms with Gasteiger partial charge in [-0.15, -0.1) is 0 Å². The van der Waals surface area contributed by atoms with Crippen LogP contribution in [0.2, 0.25) is 0 Å². The molecule has 1 unspecified atom stereocenters. The van der Waals surface area contributed by atoms with Crippen molar-refractivity contribution < 1.29 is 14.2 Å². The average Bonchev–Trinajstić information content (AvgIpc) is 3.01. The molecule has 0 N–H and O–H groups in total. The maximum Gasteiger partial charge on any atom is 0.203 e. The fourth-order valence-corrected chi connectivity index (χ4v) is 10.4. The molecular formula is C34H31BrO3P+. The third-order valence-corrected chi connectivity index (χ3v) is 13.0. The van der Waals surface area contributed by atoms with E-state index < -0.39 is 5.96 Å². The number of rotatable bonds is 9. The first-order valence-electron chi connectivity index (χ1n) is 12.8. The van der Waals surface area contributed by atoms with E-state index in [0.717, 1.165) is 11.7 Å². The average molecular weight is 598 g/mol. The Kier molecular flexibility index (Phi) is 8.35. The van der Waals surface area contributed by atoms with Crippen LogP contribution >= 0.6 is 21.5 Å². The van der Waals surface area contributed by atoms with Crippen LogP contribution in [-0.4, -0.2) is 21.3 Å². The topological polar surface area (TPSA) is 27.7 Å². The van der Waals surface area contributed by atoms with E-state index in [2.05, 4.69) is 137 Å². The molecule has 5 heteroatoms. The lowest BCUT2D eigenvalue weighted by Gasteiger charge is -2.25. The van der Waals surface area contributed by atoms with Gasteiger partial charge in [0, 0.05) is 5.56 Å². The van der Waals surface area contributed by atoms with E-state index in [0.29, 0.717) is 17.2 Å². The number of ether oxygens (including phenoxy) is 3. The monoisotopic (exact) mass is 597 g/mol. The standard InChI is InChI=1S/C34H31BrO3P/c1-36-30-22-25(23-31(37-2)34(30)38-3)24-39(35,28-18-11-6-12-19-28)32-21-13-20-29(26-14-7-4-8-15-26)33(32)27-16-9-5-10-17-27/h4-23H,24H2,1-3H3/q+1. The Morgan fingerprint density at radius 3 is 1.67 bits per heavy atom. The summed E-state index contributed by atoms with van der Waals surface area (Å²) in [6.45, 7) is 0. The van der Waals surface area contributed by atoms with Gasteiger partial charge in [-0.3, -0.25) is 0 Å². The van der Waals surface area contributed by atoms with Crippen molar-refractivity contribution in [2.75, 3.05) is 21.3 Å². The molecule has 0 bridgehead atoms. The largest absolute Gasteiger partial charge is 0.493 e. The third kappa shape index (κ3) is 5.45. The lowest BCUT2D eigenvalue weighted by molar-refractivity contribution is 0.324. The molecule has 0 radical (unpaired) electrons. The van der Waals surface area contributed by atoms with Gasteiger partial charge < -0.3 is 14.2 Å². The second-order valence-electron chi connectivity index (χ2n) is 9.18. The van der Waals surface area contributed by atoms with E-state index in [1.54, 1.807) is 21.3 Å². The van der Waals surface area contributed by atoms with Crippen LogP contribution in [0.25, 0.3) is 22.3 Å². The van der Waals surface area contributed by atoms with Gasteiger partial charge in [0.05, 0.1) is 21.3 Å². The second-order valence-corrected chi connectivity index (χ2v) is 15.6. The Morgan fingerprint density at radius 2 is 1.13 bits per heavy atom. The number of hydrogen-bond donors (Lipinski definition) is 0. The minimum Gasteiger partial charge on any atom is -0.493 e. The lowest BCUT2D eigenvalue weighted by atomic mass is 9.94. The van der Waals surface area contributed by atoms with Crippen LogP contribution in [0.5, 0.6) is 17.2 Å². The van der Waals surface area contributed by atoms with Crippen molar-refractivity contribution in [1.29, 1.82) is 0 Å². The summed E-state index contributed by atoms with van der Waals surface area (Å²) in [5.41, 5.74) is 5.94. The van der Waals surface area contributed by atoms with Gasteiger partial charge in [0.25, 0.3) is 0 Å². The Labute approximate surface area is 239 Å². The zero-order valence-corrected chi connectivity index (χ0v) is 24.8. The smallest absolute Gasteiger partial charge is 0.203 e. The molecule has 0 fully saturated rings. The fraction of sp³-hybridized carbons (Fsp3) is 0.118. The van der Waals surface area contributed by atoms with Crippen molar-refractivity contribution in [2.24, 2.45) is 0 Å². The van der Waals surface area contributed by atoms with Gasteiger partial charge in [0.1, 0.15) is 16.8 Å². The Morgan fingerprint density at radius 1 is 0.590 bits per heavy atom. The Bertz CT molecular complexity index is 1520. The first-order valence-corrected chi connectivity index (χ1v) is 16.7. The van der Waals surface area contributed by atoms with Gasteiger partial charge in [-0.2, -0.15) is 0 Å². The first kappa shape index (κ1) is 27.0. The van der Waals surface area contributed by atoms with E-state index in [-0.39, 0.29) is 0 Å². The van der Waals surface area contributed by atoms with E-state index in [9.17, 15) is 0 Å². The molecule has 0 aliphatic heterocycles. The molecule has 1 atom stereocenters. The molecule has 0 aromatic heterocycles. The van der Waals surface area contributed by atoms with Crippen LogP contribution in [0.15, 0.2) is 121 Å². The van der Waals surface area contributed by atoms with Crippen molar-refractivity contribution in [1.82, 2.24) is 0 Å². The highest BCUT2D eigenvalue weighted by Crippen LogP contribution is 2.68. The summed E-state index contributed by atoms with van der Waals surface area (Å²) in [7, 11) is 4.95. The predicted molar refractivity (Wildman–Crippen MR) is 169 cm³/mol. The molecule has 0 heterocycles. The molecular weight excluding hydrogens is 567 g/mol. The first-order chi connectivity index (χ1) is 19.1. The van der Waals surface area contributed by atoms with E-state index >= 15 is 0 Å².